The van der Waals surface area contributed by atoms with Crippen molar-refractivity contribution in [3.63, 3.8) is 0 Å². The van der Waals surface area contributed by atoms with E-state index in [4.69, 9.17) is 21.2 Å². The highest BCUT2D eigenvalue weighted by atomic mass is 35.5. The second-order valence-corrected chi connectivity index (χ2v) is 5.99. The number of hydrogen-bond acceptors (Lipinski definition) is 5. The van der Waals surface area contributed by atoms with E-state index in [1.54, 1.807) is 24.4 Å². The number of rotatable bonds is 7. The van der Waals surface area contributed by atoms with E-state index < -0.39 is 12.2 Å². The predicted molar refractivity (Wildman–Crippen MR) is 99.3 cm³/mol. The van der Waals surface area contributed by atoms with Crippen molar-refractivity contribution in [3.8, 4) is 5.88 Å². The second kappa shape index (κ2) is 9.07. The lowest BCUT2D eigenvalue weighted by Crippen LogP contribution is -2.23. The van der Waals surface area contributed by atoms with Gasteiger partial charge in [0.1, 0.15) is 6.61 Å². The van der Waals surface area contributed by atoms with Gasteiger partial charge in [-0.2, -0.15) is 10.6 Å². The summed E-state index contributed by atoms with van der Waals surface area (Å²) in [6.45, 7) is 0.141. The molecule has 0 aliphatic rings. The molecule has 0 aliphatic carbocycles. The molecule has 1 unspecified atom stereocenters. The number of methoxy groups -OCH3 is 1. The molecule has 0 fully saturated rings. The van der Waals surface area contributed by atoms with Crippen LogP contribution in [0.3, 0.4) is 0 Å². The second-order valence-electron chi connectivity index (χ2n) is 5.55. The van der Waals surface area contributed by atoms with Crippen molar-refractivity contribution in [2.75, 3.05) is 7.11 Å². The Morgan fingerprint density at radius 2 is 1.96 bits per heavy atom. The van der Waals surface area contributed by atoms with Crippen LogP contribution in [0.2, 0.25) is 5.02 Å². The number of hydrogen-bond donors (Lipinski definition) is 2. The summed E-state index contributed by atoms with van der Waals surface area (Å²) in [6.07, 6.45) is 0.514. The summed E-state index contributed by atoms with van der Waals surface area (Å²) in [7, 11) is 1.27. The van der Waals surface area contributed by atoms with Gasteiger partial charge in [-0.15, -0.1) is 0 Å². The molecule has 8 heteroatoms. The lowest BCUT2D eigenvalue weighted by atomic mass is 9.97. The quantitative estimate of drug-likeness (QED) is 0.598. The minimum Gasteiger partial charge on any atom is -0.465 e. The average molecular weight is 388 g/mol. The highest BCUT2D eigenvalue weighted by Gasteiger charge is 2.20. The van der Waals surface area contributed by atoms with Crippen molar-refractivity contribution < 1.29 is 19.1 Å². The Morgan fingerprint density at radius 3 is 2.67 bits per heavy atom. The minimum atomic E-state index is -0.671. The number of aromatic amines is 1. The first-order chi connectivity index (χ1) is 13.2. The zero-order valence-corrected chi connectivity index (χ0v) is 15.3. The summed E-state index contributed by atoms with van der Waals surface area (Å²) >= 11 is 6.02. The Balaban J connectivity index is 1.89. The number of nitrogens with zero attached hydrogens (tertiary/aromatic N) is 1. The Kier molecular flexibility index (Phi) is 6.30. The molecule has 2 aromatic carbocycles. The molecule has 1 amide bonds. The van der Waals surface area contributed by atoms with Crippen LogP contribution in [0.4, 0.5) is 4.79 Å². The third kappa shape index (κ3) is 4.99. The third-order valence-corrected chi connectivity index (χ3v) is 4.05. The van der Waals surface area contributed by atoms with Crippen molar-refractivity contribution in [1.29, 1.82) is 0 Å². The molecule has 1 atom stereocenters. The Morgan fingerprint density at radius 1 is 1.19 bits per heavy atom. The van der Waals surface area contributed by atoms with Gasteiger partial charge in [0.15, 0.2) is 6.10 Å². The molecule has 7 nitrogen and oxygen atoms in total. The molecule has 0 saturated heterocycles. The minimum absolute atomic E-state index is 0.141. The predicted octanol–water partition coefficient (Wildman–Crippen LogP) is 4.02. The van der Waals surface area contributed by atoms with Crippen molar-refractivity contribution in [3.05, 3.63) is 82.5 Å². The highest BCUT2D eigenvalue weighted by Crippen LogP contribution is 2.30. The van der Waals surface area contributed by atoms with E-state index in [1.807, 2.05) is 36.4 Å². The van der Waals surface area contributed by atoms with Gasteiger partial charge < -0.3 is 9.47 Å². The van der Waals surface area contributed by atoms with Crippen molar-refractivity contribution >= 4 is 17.7 Å². The standard InChI is InChI=1S/C19H18ClN3O4/c1-25-19(24)23-26-12-14-4-2-3-5-16(14)18(27-17-10-11-21-22-17)13-6-8-15(20)9-7-13/h2-11,18H,12H2,1H3,(H,21,22)(H,23,24). The van der Waals surface area contributed by atoms with Gasteiger partial charge in [-0.05, 0) is 23.3 Å². The molecule has 3 aromatic rings. The maximum atomic E-state index is 11.2. The summed E-state index contributed by atoms with van der Waals surface area (Å²) in [4.78, 5) is 16.4. The van der Waals surface area contributed by atoms with Gasteiger partial charge in [0.2, 0.25) is 5.88 Å². The maximum absolute atomic E-state index is 11.2. The summed E-state index contributed by atoms with van der Waals surface area (Å²) in [5.41, 5.74) is 4.83. The van der Waals surface area contributed by atoms with E-state index >= 15 is 0 Å². The molecule has 3 rings (SSSR count). The first-order valence-electron chi connectivity index (χ1n) is 8.12. The van der Waals surface area contributed by atoms with Gasteiger partial charge >= 0.3 is 6.09 Å². The number of hydroxylamine groups is 1. The number of carbonyl (C=O) groups is 1. The van der Waals surface area contributed by atoms with Crippen molar-refractivity contribution in [1.82, 2.24) is 15.7 Å². The van der Waals surface area contributed by atoms with Crippen LogP contribution in [0.1, 0.15) is 22.8 Å². The number of amides is 1. The number of nitrogens with one attached hydrogen (secondary N) is 2. The lowest BCUT2D eigenvalue weighted by Gasteiger charge is -2.21. The van der Waals surface area contributed by atoms with Crippen LogP contribution in [0.15, 0.2) is 60.8 Å². The molecular weight excluding hydrogens is 370 g/mol. The molecule has 0 radical (unpaired) electrons. The zero-order chi connectivity index (χ0) is 19.1. The maximum Gasteiger partial charge on any atom is 0.431 e. The average Bonchev–Trinajstić information content (AvgIpc) is 3.20. The molecular formula is C19H18ClN3O4. The Hall–Kier alpha value is -3.03. The van der Waals surface area contributed by atoms with E-state index in [1.165, 1.54) is 7.11 Å². The van der Waals surface area contributed by atoms with Crippen LogP contribution >= 0.6 is 11.6 Å². The Labute approximate surface area is 161 Å². The molecule has 0 aliphatic heterocycles. The highest BCUT2D eigenvalue weighted by molar-refractivity contribution is 6.30. The van der Waals surface area contributed by atoms with Crippen molar-refractivity contribution in [2.45, 2.75) is 12.7 Å². The van der Waals surface area contributed by atoms with Crippen LogP contribution in [0.25, 0.3) is 0 Å². The number of halogens is 1. The third-order valence-electron chi connectivity index (χ3n) is 3.80. The van der Waals surface area contributed by atoms with Crippen LogP contribution < -0.4 is 10.2 Å². The van der Waals surface area contributed by atoms with E-state index in [0.29, 0.717) is 10.9 Å². The largest absolute Gasteiger partial charge is 0.465 e. The van der Waals surface area contributed by atoms with Crippen LogP contribution in [0, 0.1) is 0 Å². The fourth-order valence-corrected chi connectivity index (χ4v) is 2.65. The first kappa shape index (κ1) is 18.8. The van der Waals surface area contributed by atoms with E-state index in [-0.39, 0.29) is 6.61 Å². The summed E-state index contributed by atoms with van der Waals surface area (Å²) in [5.74, 6) is 0.526. The van der Waals surface area contributed by atoms with Crippen LogP contribution in [-0.2, 0) is 16.2 Å². The molecule has 0 saturated carbocycles. The number of benzene rings is 2. The molecule has 140 valence electrons. The fraction of sp³-hybridized carbons (Fsp3) is 0.158. The molecule has 1 heterocycles. The number of ether oxygens (including phenoxy) is 2. The first-order valence-corrected chi connectivity index (χ1v) is 8.50. The topological polar surface area (TPSA) is 85.5 Å². The van der Waals surface area contributed by atoms with Crippen molar-refractivity contribution in [2.24, 2.45) is 0 Å². The lowest BCUT2D eigenvalue weighted by molar-refractivity contribution is 0.0242. The monoisotopic (exact) mass is 387 g/mol. The van der Waals surface area contributed by atoms with Gasteiger partial charge in [0, 0.05) is 16.7 Å². The van der Waals surface area contributed by atoms with Gasteiger partial charge in [-0.3, -0.25) is 4.84 Å². The smallest absolute Gasteiger partial charge is 0.431 e. The zero-order valence-electron chi connectivity index (χ0n) is 14.5. The number of carbonyl (C=O) groups excluding carboxylic acids is 1. The molecule has 0 spiro atoms. The number of aromatic nitrogens is 2. The fourth-order valence-electron chi connectivity index (χ4n) is 2.52. The molecule has 0 bridgehead atoms. The van der Waals surface area contributed by atoms with E-state index in [2.05, 4.69) is 20.4 Å². The Bertz CT molecular complexity index is 869. The summed E-state index contributed by atoms with van der Waals surface area (Å²) in [5, 5.41) is 7.36. The SMILES string of the molecule is COC(=O)NOCc1ccccc1C(Oc1ccn[nH]1)c1ccc(Cl)cc1. The molecule has 27 heavy (non-hydrogen) atoms. The van der Waals surface area contributed by atoms with Gasteiger partial charge in [-0.1, -0.05) is 48.0 Å². The van der Waals surface area contributed by atoms with Crippen LogP contribution in [0.5, 0.6) is 5.88 Å². The van der Waals surface area contributed by atoms with Crippen LogP contribution in [-0.4, -0.2) is 23.4 Å². The van der Waals surface area contributed by atoms with Gasteiger partial charge in [-0.25, -0.2) is 9.89 Å². The normalized spacial score (nSPS) is 11.6. The summed E-state index contributed by atoms with van der Waals surface area (Å²) in [6, 6.07) is 16.8. The molecule has 1 aromatic heterocycles. The summed E-state index contributed by atoms with van der Waals surface area (Å²) < 4.78 is 10.6. The number of H-pyrrole nitrogens is 1. The van der Waals surface area contributed by atoms with E-state index in [0.717, 1.165) is 16.7 Å². The van der Waals surface area contributed by atoms with Gasteiger partial charge in [0.05, 0.1) is 13.3 Å². The van der Waals surface area contributed by atoms with E-state index in [9.17, 15) is 4.79 Å². The molecule has 2 N–H and O–H groups in total. The van der Waals surface area contributed by atoms with Gasteiger partial charge in [0.25, 0.3) is 0 Å².